The van der Waals surface area contributed by atoms with Crippen molar-refractivity contribution in [1.82, 2.24) is 16.0 Å². The van der Waals surface area contributed by atoms with Gasteiger partial charge in [0.25, 0.3) is 0 Å². The van der Waals surface area contributed by atoms with E-state index in [4.69, 9.17) is 11.6 Å². The summed E-state index contributed by atoms with van der Waals surface area (Å²) in [6.45, 7) is 9.29. The first-order chi connectivity index (χ1) is 10.7. The fourth-order valence-electron chi connectivity index (χ4n) is 3.67. The first-order valence-electron chi connectivity index (χ1n) is 8.24. The smallest absolute Gasteiger partial charge is 0.315 e. The summed E-state index contributed by atoms with van der Waals surface area (Å²) in [7, 11) is 0. The van der Waals surface area contributed by atoms with Crippen LogP contribution in [0.2, 0.25) is 5.02 Å². The summed E-state index contributed by atoms with van der Waals surface area (Å²) in [5, 5.41) is 10.4. The molecule has 1 fully saturated rings. The number of nitrogens with one attached hydrogen (secondary N) is 3. The summed E-state index contributed by atoms with van der Waals surface area (Å²) >= 11 is 6.12. The van der Waals surface area contributed by atoms with Crippen molar-refractivity contribution in [3.63, 3.8) is 0 Å². The van der Waals surface area contributed by atoms with Crippen molar-refractivity contribution in [2.24, 2.45) is 0 Å². The van der Waals surface area contributed by atoms with Crippen LogP contribution >= 0.6 is 11.6 Å². The lowest BCUT2D eigenvalue weighted by molar-refractivity contribution is 0.147. The number of benzene rings is 1. The minimum absolute atomic E-state index is 0.0251. The Hall–Kier alpha value is -1.26. The summed E-state index contributed by atoms with van der Waals surface area (Å²) in [5.74, 6) is 0. The summed E-state index contributed by atoms with van der Waals surface area (Å²) in [6.07, 6.45) is 2.58. The maximum Gasteiger partial charge on any atom is 0.315 e. The highest BCUT2D eigenvalue weighted by Crippen LogP contribution is 2.28. The number of rotatable bonds is 4. The molecule has 128 valence electrons. The standard InChI is InChI=1S/C18H28ClN3O/c1-17(2)11-14(12-18(3,4)22-17)21-16(23)20-10-9-13-7-5-6-8-15(13)19/h5-8,14,22H,9-12H2,1-4H3,(H2,20,21,23). The van der Waals surface area contributed by atoms with Crippen LogP contribution in [0.5, 0.6) is 0 Å². The molecule has 23 heavy (non-hydrogen) atoms. The molecule has 0 aliphatic carbocycles. The van der Waals surface area contributed by atoms with E-state index in [-0.39, 0.29) is 23.2 Å². The summed E-state index contributed by atoms with van der Waals surface area (Å²) in [5.41, 5.74) is 1.10. The predicted octanol–water partition coefficient (Wildman–Crippen LogP) is 3.49. The van der Waals surface area contributed by atoms with E-state index in [1.165, 1.54) is 0 Å². The molecule has 2 amide bonds. The van der Waals surface area contributed by atoms with E-state index in [0.717, 1.165) is 29.8 Å². The van der Waals surface area contributed by atoms with Gasteiger partial charge in [-0.1, -0.05) is 29.8 Å². The zero-order chi connectivity index (χ0) is 17.1. The Morgan fingerprint density at radius 2 is 1.83 bits per heavy atom. The van der Waals surface area contributed by atoms with Crippen LogP contribution in [0.25, 0.3) is 0 Å². The van der Waals surface area contributed by atoms with Crippen molar-refractivity contribution in [1.29, 1.82) is 0 Å². The van der Waals surface area contributed by atoms with Crippen LogP contribution < -0.4 is 16.0 Å². The Morgan fingerprint density at radius 3 is 2.43 bits per heavy atom. The quantitative estimate of drug-likeness (QED) is 0.787. The average Bonchev–Trinajstić information content (AvgIpc) is 2.37. The van der Waals surface area contributed by atoms with Crippen LogP contribution in [0.15, 0.2) is 24.3 Å². The zero-order valence-electron chi connectivity index (χ0n) is 14.5. The topological polar surface area (TPSA) is 53.2 Å². The molecule has 1 aromatic rings. The highest BCUT2D eigenvalue weighted by atomic mass is 35.5. The number of amides is 2. The van der Waals surface area contributed by atoms with Gasteiger partial charge in [0.05, 0.1) is 0 Å². The van der Waals surface area contributed by atoms with E-state index in [1.807, 2.05) is 24.3 Å². The molecule has 1 heterocycles. The third-order valence-corrected chi connectivity index (χ3v) is 4.53. The van der Waals surface area contributed by atoms with Crippen molar-refractivity contribution >= 4 is 17.6 Å². The third-order valence-electron chi connectivity index (χ3n) is 4.16. The van der Waals surface area contributed by atoms with E-state index in [2.05, 4.69) is 43.6 Å². The second kappa shape index (κ2) is 7.10. The van der Waals surface area contributed by atoms with Crippen molar-refractivity contribution in [2.45, 2.75) is 64.1 Å². The first kappa shape index (κ1) is 18.1. The average molecular weight is 338 g/mol. The van der Waals surface area contributed by atoms with Crippen LogP contribution in [0, 0.1) is 0 Å². The molecule has 1 saturated heterocycles. The van der Waals surface area contributed by atoms with Crippen molar-refractivity contribution in [2.75, 3.05) is 6.54 Å². The van der Waals surface area contributed by atoms with Gasteiger partial charge >= 0.3 is 6.03 Å². The predicted molar refractivity (Wildman–Crippen MR) is 96.0 cm³/mol. The Bertz CT molecular complexity index is 541. The Kier molecular flexibility index (Phi) is 5.58. The lowest BCUT2D eigenvalue weighted by Crippen LogP contribution is -2.62. The minimum Gasteiger partial charge on any atom is -0.338 e. The number of hydrogen-bond acceptors (Lipinski definition) is 2. The van der Waals surface area contributed by atoms with Crippen molar-refractivity contribution in [3.8, 4) is 0 Å². The number of carbonyl (C=O) groups is 1. The van der Waals surface area contributed by atoms with Gasteiger partial charge in [-0.25, -0.2) is 4.79 Å². The molecule has 1 aliphatic rings. The molecule has 5 heteroatoms. The summed E-state index contributed by atoms with van der Waals surface area (Å²) in [6, 6.07) is 7.81. The van der Waals surface area contributed by atoms with Crippen LogP contribution in [0.4, 0.5) is 4.79 Å². The van der Waals surface area contributed by atoms with E-state index in [9.17, 15) is 4.79 Å². The molecule has 4 nitrogen and oxygen atoms in total. The maximum absolute atomic E-state index is 12.1. The summed E-state index contributed by atoms with van der Waals surface area (Å²) < 4.78 is 0. The van der Waals surface area contributed by atoms with Gasteiger partial charge in [-0.3, -0.25) is 0 Å². The van der Waals surface area contributed by atoms with Gasteiger partial charge < -0.3 is 16.0 Å². The van der Waals surface area contributed by atoms with Crippen molar-refractivity contribution in [3.05, 3.63) is 34.9 Å². The number of piperidine rings is 1. The molecule has 0 spiro atoms. The lowest BCUT2D eigenvalue weighted by Gasteiger charge is -2.46. The monoisotopic (exact) mass is 337 g/mol. The molecular weight excluding hydrogens is 310 g/mol. The maximum atomic E-state index is 12.1. The van der Waals surface area contributed by atoms with Gasteiger partial charge in [0.15, 0.2) is 0 Å². The molecule has 3 N–H and O–H groups in total. The number of halogens is 1. The number of urea groups is 1. The van der Waals surface area contributed by atoms with Gasteiger partial charge in [-0.15, -0.1) is 0 Å². The van der Waals surface area contributed by atoms with Crippen LogP contribution in [-0.2, 0) is 6.42 Å². The minimum atomic E-state index is -0.101. The van der Waals surface area contributed by atoms with Gasteiger partial charge in [-0.05, 0) is 58.6 Å². The fraction of sp³-hybridized carbons (Fsp3) is 0.611. The zero-order valence-corrected chi connectivity index (χ0v) is 15.3. The molecular formula is C18H28ClN3O. The molecule has 1 aromatic carbocycles. The van der Waals surface area contributed by atoms with Gasteiger partial charge in [-0.2, -0.15) is 0 Å². The number of hydrogen-bond donors (Lipinski definition) is 3. The SMILES string of the molecule is CC1(C)CC(NC(=O)NCCc2ccccc2Cl)CC(C)(C)N1. The third kappa shape index (κ3) is 5.70. The Morgan fingerprint density at radius 1 is 1.22 bits per heavy atom. The molecule has 2 rings (SSSR count). The lowest BCUT2D eigenvalue weighted by atomic mass is 9.80. The fourth-order valence-corrected chi connectivity index (χ4v) is 3.90. The van der Waals surface area contributed by atoms with Crippen LogP contribution in [0.3, 0.4) is 0 Å². The van der Waals surface area contributed by atoms with Crippen LogP contribution in [-0.4, -0.2) is 29.7 Å². The highest BCUT2D eigenvalue weighted by molar-refractivity contribution is 6.31. The van der Waals surface area contributed by atoms with Gasteiger partial charge in [0.1, 0.15) is 0 Å². The molecule has 0 bridgehead atoms. The highest BCUT2D eigenvalue weighted by Gasteiger charge is 2.38. The van der Waals surface area contributed by atoms with E-state index < -0.39 is 0 Å². The molecule has 0 radical (unpaired) electrons. The molecule has 0 unspecified atom stereocenters. The molecule has 0 atom stereocenters. The second-order valence-corrected chi connectivity index (χ2v) is 8.15. The first-order valence-corrected chi connectivity index (χ1v) is 8.62. The molecule has 0 aromatic heterocycles. The van der Waals surface area contributed by atoms with Crippen LogP contribution in [0.1, 0.15) is 46.1 Å². The van der Waals surface area contributed by atoms with Gasteiger partial charge in [0, 0.05) is 28.7 Å². The molecule has 0 saturated carbocycles. The Balaban J connectivity index is 1.79. The molecule has 1 aliphatic heterocycles. The van der Waals surface area contributed by atoms with E-state index in [1.54, 1.807) is 0 Å². The van der Waals surface area contributed by atoms with Gasteiger partial charge in [0.2, 0.25) is 0 Å². The normalized spacial score (nSPS) is 20.0. The second-order valence-electron chi connectivity index (χ2n) is 7.74. The Labute approximate surface area is 144 Å². The number of carbonyl (C=O) groups excluding carboxylic acids is 1. The van der Waals surface area contributed by atoms with Crippen molar-refractivity contribution < 1.29 is 4.79 Å². The van der Waals surface area contributed by atoms with E-state index >= 15 is 0 Å². The largest absolute Gasteiger partial charge is 0.338 e. The summed E-state index contributed by atoms with van der Waals surface area (Å²) in [4.78, 5) is 12.1. The van der Waals surface area contributed by atoms with E-state index in [0.29, 0.717) is 6.54 Å².